The second kappa shape index (κ2) is 6.46. The molecule has 0 fully saturated rings. The van der Waals surface area contributed by atoms with Crippen LogP contribution in [0.15, 0.2) is 29.4 Å². The van der Waals surface area contributed by atoms with Crippen LogP contribution in [0.1, 0.15) is 18.1 Å². The molecular formula is C13H17ClN4O2S. The number of rotatable bonds is 6. The molecule has 0 aliphatic heterocycles. The molecule has 0 spiro atoms. The number of nitrogens with zero attached hydrogens (tertiary/aromatic N) is 1. The highest BCUT2D eigenvalue weighted by molar-refractivity contribution is 7.92. The van der Waals surface area contributed by atoms with E-state index in [4.69, 9.17) is 11.6 Å². The van der Waals surface area contributed by atoms with Crippen molar-refractivity contribution in [1.82, 2.24) is 15.5 Å². The molecule has 0 aliphatic rings. The van der Waals surface area contributed by atoms with Crippen LogP contribution in [-0.4, -0.2) is 25.2 Å². The van der Waals surface area contributed by atoms with Crippen molar-refractivity contribution in [2.75, 3.05) is 11.3 Å². The summed E-state index contributed by atoms with van der Waals surface area (Å²) in [4.78, 5) is 0. The fourth-order valence-corrected chi connectivity index (χ4v) is 3.47. The van der Waals surface area contributed by atoms with E-state index < -0.39 is 10.0 Å². The van der Waals surface area contributed by atoms with Crippen LogP contribution >= 0.6 is 11.6 Å². The monoisotopic (exact) mass is 328 g/mol. The second-order valence-corrected chi connectivity index (χ2v) is 6.57. The molecule has 6 nitrogen and oxygen atoms in total. The lowest BCUT2D eigenvalue weighted by molar-refractivity contribution is 0.594. The van der Waals surface area contributed by atoms with Gasteiger partial charge in [0, 0.05) is 12.1 Å². The molecule has 0 aliphatic carbocycles. The van der Waals surface area contributed by atoms with E-state index in [-0.39, 0.29) is 5.03 Å². The van der Waals surface area contributed by atoms with Crippen LogP contribution in [0.2, 0.25) is 5.02 Å². The fraction of sp³-hybridized carbons (Fsp3) is 0.308. The highest BCUT2D eigenvalue weighted by Crippen LogP contribution is 2.28. The summed E-state index contributed by atoms with van der Waals surface area (Å²) in [6, 6.07) is 5.19. The zero-order chi connectivity index (χ0) is 15.5. The maximum absolute atomic E-state index is 12.5. The standard InChI is InChI=1S/C13H17ClN4O2S/c1-3-15-7-10-8-16-17-13(10)21(19,20)18-12-9(2)5-4-6-11(12)14/h4-6,8,15,18H,3,7H2,1-2H3,(H,16,17). The molecule has 1 aromatic heterocycles. The van der Waals surface area contributed by atoms with E-state index in [1.54, 1.807) is 25.1 Å². The van der Waals surface area contributed by atoms with Gasteiger partial charge in [0.15, 0.2) is 5.03 Å². The Balaban J connectivity index is 2.33. The van der Waals surface area contributed by atoms with Crippen molar-refractivity contribution in [2.45, 2.75) is 25.4 Å². The summed E-state index contributed by atoms with van der Waals surface area (Å²) in [5.41, 5.74) is 1.70. The normalized spacial score (nSPS) is 11.6. The zero-order valence-electron chi connectivity index (χ0n) is 11.8. The lowest BCUT2D eigenvalue weighted by atomic mass is 10.2. The predicted molar refractivity (Wildman–Crippen MR) is 83.0 cm³/mol. The molecule has 2 rings (SSSR count). The van der Waals surface area contributed by atoms with Gasteiger partial charge < -0.3 is 5.32 Å². The molecule has 8 heteroatoms. The first kappa shape index (κ1) is 15.8. The molecule has 0 saturated carbocycles. The van der Waals surface area contributed by atoms with Gasteiger partial charge in [-0.2, -0.15) is 13.5 Å². The third-order valence-electron chi connectivity index (χ3n) is 2.97. The summed E-state index contributed by atoms with van der Waals surface area (Å²) < 4.78 is 27.5. The average Bonchev–Trinajstić information content (AvgIpc) is 2.90. The summed E-state index contributed by atoms with van der Waals surface area (Å²) in [5, 5.41) is 9.81. The number of aryl methyl sites for hydroxylation is 1. The maximum Gasteiger partial charge on any atom is 0.279 e. The molecule has 0 saturated heterocycles. The second-order valence-electron chi connectivity index (χ2n) is 4.54. The van der Waals surface area contributed by atoms with Crippen molar-refractivity contribution < 1.29 is 8.42 Å². The van der Waals surface area contributed by atoms with Crippen LogP contribution in [0.5, 0.6) is 0 Å². The first-order chi connectivity index (χ1) is 9.95. The van der Waals surface area contributed by atoms with Crippen LogP contribution in [0.3, 0.4) is 0 Å². The fourth-order valence-electron chi connectivity index (χ4n) is 1.86. The number of sulfonamides is 1. The molecule has 1 heterocycles. The van der Waals surface area contributed by atoms with Gasteiger partial charge in [-0.15, -0.1) is 0 Å². The number of hydrogen-bond acceptors (Lipinski definition) is 4. The Morgan fingerprint density at radius 1 is 1.38 bits per heavy atom. The molecule has 0 radical (unpaired) electrons. The van der Waals surface area contributed by atoms with Crippen molar-refractivity contribution >= 4 is 27.3 Å². The smallest absolute Gasteiger partial charge is 0.279 e. The summed E-state index contributed by atoms with van der Waals surface area (Å²) in [6.45, 7) is 4.89. The van der Waals surface area contributed by atoms with Gasteiger partial charge in [0.05, 0.1) is 16.9 Å². The van der Waals surface area contributed by atoms with E-state index in [2.05, 4.69) is 20.2 Å². The Labute approximate surface area is 129 Å². The molecule has 0 unspecified atom stereocenters. The van der Waals surface area contributed by atoms with Gasteiger partial charge in [-0.05, 0) is 25.1 Å². The third kappa shape index (κ3) is 3.55. The van der Waals surface area contributed by atoms with Gasteiger partial charge in [0.2, 0.25) is 0 Å². The molecule has 2 aromatic rings. The van der Waals surface area contributed by atoms with E-state index in [0.29, 0.717) is 22.8 Å². The third-order valence-corrected chi connectivity index (χ3v) is 4.65. The van der Waals surface area contributed by atoms with Crippen LogP contribution < -0.4 is 10.0 Å². The molecule has 0 bridgehead atoms. The minimum Gasteiger partial charge on any atom is -0.313 e. The Morgan fingerprint density at radius 3 is 2.81 bits per heavy atom. The number of anilines is 1. The SMILES string of the molecule is CCNCc1cn[nH]c1S(=O)(=O)Nc1c(C)cccc1Cl. The topological polar surface area (TPSA) is 86.9 Å². The van der Waals surface area contributed by atoms with Crippen LogP contribution in [0.25, 0.3) is 0 Å². The van der Waals surface area contributed by atoms with Crippen molar-refractivity contribution in [1.29, 1.82) is 0 Å². The summed E-state index contributed by atoms with van der Waals surface area (Å²) >= 11 is 6.06. The molecule has 1 aromatic carbocycles. The van der Waals surface area contributed by atoms with Gasteiger partial charge in [0.25, 0.3) is 10.0 Å². The lowest BCUT2D eigenvalue weighted by Crippen LogP contribution is -2.19. The number of hydrogen-bond donors (Lipinski definition) is 3. The van der Waals surface area contributed by atoms with E-state index >= 15 is 0 Å². The van der Waals surface area contributed by atoms with E-state index in [1.807, 2.05) is 6.92 Å². The minimum absolute atomic E-state index is 0.0442. The number of H-pyrrole nitrogens is 1. The van der Waals surface area contributed by atoms with Crippen LogP contribution in [0.4, 0.5) is 5.69 Å². The highest BCUT2D eigenvalue weighted by Gasteiger charge is 2.22. The van der Waals surface area contributed by atoms with Crippen molar-refractivity contribution in [2.24, 2.45) is 0 Å². The van der Waals surface area contributed by atoms with Crippen molar-refractivity contribution in [3.63, 3.8) is 0 Å². The lowest BCUT2D eigenvalue weighted by Gasteiger charge is -2.12. The quantitative estimate of drug-likeness (QED) is 0.759. The number of benzene rings is 1. The van der Waals surface area contributed by atoms with E-state index in [9.17, 15) is 8.42 Å². The van der Waals surface area contributed by atoms with Gasteiger partial charge >= 0.3 is 0 Å². The van der Waals surface area contributed by atoms with Crippen LogP contribution in [-0.2, 0) is 16.6 Å². The number of aromatic nitrogens is 2. The zero-order valence-corrected chi connectivity index (χ0v) is 13.3. The molecule has 0 atom stereocenters. The number of para-hydroxylation sites is 1. The number of halogens is 1. The molecule has 21 heavy (non-hydrogen) atoms. The molecule has 114 valence electrons. The van der Waals surface area contributed by atoms with Gasteiger partial charge in [-0.25, -0.2) is 0 Å². The molecule has 0 amide bonds. The summed E-state index contributed by atoms with van der Waals surface area (Å²) in [7, 11) is -3.77. The summed E-state index contributed by atoms with van der Waals surface area (Å²) in [6.07, 6.45) is 1.50. The van der Waals surface area contributed by atoms with Crippen LogP contribution in [0, 0.1) is 6.92 Å². The average molecular weight is 329 g/mol. The first-order valence-electron chi connectivity index (χ1n) is 6.46. The van der Waals surface area contributed by atoms with Crippen molar-refractivity contribution in [3.05, 3.63) is 40.5 Å². The Kier molecular flexibility index (Phi) is 4.87. The number of aromatic amines is 1. The molecular weight excluding hydrogens is 312 g/mol. The van der Waals surface area contributed by atoms with E-state index in [1.165, 1.54) is 6.20 Å². The predicted octanol–water partition coefficient (Wildman–Crippen LogP) is 2.28. The first-order valence-corrected chi connectivity index (χ1v) is 8.32. The Morgan fingerprint density at radius 2 is 2.14 bits per heavy atom. The van der Waals surface area contributed by atoms with Gasteiger partial charge in [0.1, 0.15) is 0 Å². The van der Waals surface area contributed by atoms with Gasteiger partial charge in [-0.3, -0.25) is 9.82 Å². The largest absolute Gasteiger partial charge is 0.313 e. The van der Waals surface area contributed by atoms with Gasteiger partial charge in [-0.1, -0.05) is 30.7 Å². The number of nitrogens with one attached hydrogen (secondary N) is 3. The highest BCUT2D eigenvalue weighted by atomic mass is 35.5. The molecule has 3 N–H and O–H groups in total. The van der Waals surface area contributed by atoms with E-state index in [0.717, 1.165) is 12.1 Å². The minimum atomic E-state index is -3.77. The van der Waals surface area contributed by atoms with Crippen molar-refractivity contribution in [3.8, 4) is 0 Å². The summed E-state index contributed by atoms with van der Waals surface area (Å²) in [5.74, 6) is 0. The maximum atomic E-state index is 12.5. The Hall–Kier alpha value is -1.57. The Bertz CT molecular complexity index is 707.